The second-order valence-corrected chi connectivity index (χ2v) is 6.36. The molecule has 1 aromatic carbocycles. The van der Waals surface area contributed by atoms with Crippen LogP contribution in [0.1, 0.15) is 23.7 Å². The Morgan fingerprint density at radius 1 is 1.15 bits per heavy atom. The SMILES string of the molecule is CCOc1cccn2cc(CCNC(=O)COc3cccc(C)c3C)nc12. The molecule has 1 N–H and O–H groups in total. The number of rotatable bonds is 8. The minimum atomic E-state index is -0.144. The van der Waals surface area contributed by atoms with E-state index >= 15 is 0 Å². The number of nitrogens with zero attached hydrogens (tertiary/aromatic N) is 2. The Labute approximate surface area is 159 Å². The zero-order chi connectivity index (χ0) is 19.2. The maximum absolute atomic E-state index is 12.0. The van der Waals surface area contributed by atoms with Gasteiger partial charge < -0.3 is 19.2 Å². The highest BCUT2D eigenvalue weighted by Gasteiger charge is 2.09. The summed E-state index contributed by atoms with van der Waals surface area (Å²) >= 11 is 0. The van der Waals surface area contributed by atoms with E-state index in [-0.39, 0.29) is 12.5 Å². The van der Waals surface area contributed by atoms with E-state index in [9.17, 15) is 4.79 Å². The van der Waals surface area contributed by atoms with Crippen molar-refractivity contribution in [3.63, 3.8) is 0 Å². The van der Waals surface area contributed by atoms with Crippen LogP contribution < -0.4 is 14.8 Å². The quantitative estimate of drug-likeness (QED) is 0.664. The molecule has 27 heavy (non-hydrogen) atoms. The predicted octanol–water partition coefficient (Wildman–Crippen LogP) is 3.09. The van der Waals surface area contributed by atoms with Gasteiger partial charge in [0, 0.05) is 25.4 Å². The van der Waals surface area contributed by atoms with Crippen LogP contribution in [0.25, 0.3) is 5.65 Å². The van der Waals surface area contributed by atoms with Crippen LogP contribution in [0, 0.1) is 13.8 Å². The summed E-state index contributed by atoms with van der Waals surface area (Å²) < 4.78 is 13.2. The minimum Gasteiger partial charge on any atom is -0.490 e. The van der Waals surface area contributed by atoms with Gasteiger partial charge in [0.05, 0.1) is 12.3 Å². The molecule has 0 aliphatic rings. The van der Waals surface area contributed by atoms with Gasteiger partial charge in [-0.1, -0.05) is 12.1 Å². The number of hydrogen-bond donors (Lipinski definition) is 1. The predicted molar refractivity (Wildman–Crippen MR) is 104 cm³/mol. The summed E-state index contributed by atoms with van der Waals surface area (Å²) in [5, 5.41) is 2.88. The number of benzene rings is 1. The van der Waals surface area contributed by atoms with Crippen molar-refractivity contribution in [2.45, 2.75) is 27.2 Å². The molecule has 0 saturated heterocycles. The van der Waals surface area contributed by atoms with Gasteiger partial charge in [0.2, 0.25) is 0 Å². The van der Waals surface area contributed by atoms with E-state index < -0.39 is 0 Å². The van der Waals surface area contributed by atoms with E-state index in [4.69, 9.17) is 9.47 Å². The van der Waals surface area contributed by atoms with Crippen molar-refractivity contribution >= 4 is 11.6 Å². The van der Waals surface area contributed by atoms with Crippen LogP contribution in [0.5, 0.6) is 11.5 Å². The standard InChI is InChI=1S/C21H25N3O3/c1-4-26-19-9-6-12-24-13-17(23-21(19)24)10-11-22-20(25)14-27-18-8-5-7-15(2)16(18)3/h5-9,12-13H,4,10-11,14H2,1-3H3,(H,22,25). The number of aromatic nitrogens is 2. The first-order valence-electron chi connectivity index (χ1n) is 9.13. The highest BCUT2D eigenvalue weighted by atomic mass is 16.5. The van der Waals surface area contributed by atoms with Crippen LogP contribution in [-0.2, 0) is 11.2 Å². The van der Waals surface area contributed by atoms with Crippen molar-refractivity contribution in [1.82, 2.24) is 14.7 Å². The number of carbonyl (C=O) groups is 1. The molecule has 2 heterocycles. The molecule has 3 rings (SSSR count). The van der Waals surface area contributed by atoms with Gasteiger partial charge in [-0.2, -0.15) is 0 Å². The highest BCUT2D eigenvalue weighted by molar-refractivity contribution is 5.77. The third-order valence-corrected chi connectivity index (χ3v) is 4.41. The van der Waals surface area contributed by atoms with Gasteiger partial charge in [0.25, 0.3) is 5.91 Å². The van der Waals surface area contributed by atoms with Gasteiger partial charge in [-0.3, -0.25) is 4.79 Å². The van der Waals surface area contributed by atoms with Crippen LogP contribution >= 0.6 is 0 Å². The van der Waals surface area contributed by atoms with Gasteiger partial charge in [0.15, 0.2) is 18.0 Å². The molecule has 0 saturated carbocycles. The van der Waals surface area contributed by atoms with Crippen molar-refractivity contribution in [3.8, 4) is 11.5 Å². The first-order valence-corrected chi connectivity index (χ1v) is 9.13. The fourth-order valence-corrected chi connectivity index (χ4v) is 2.83. The average molecular weight is 367 g/mol. The van der Waals surface area contributed by atoms with E-state index in [0.29, 0.717) is 19.6 Å². The molecule has 0 radical (unpaired) electrons. The van der Waals surface area contributed by atoms with Crippen LogP contribution in [-0.4, -0.2) is 35.1 Å². The molecule has 3 aromatic rings. The molecule has 0 spiro atoms. The molecule has 0 bridgehead atoms. The summed E-state index contributed by atoms with van der Waals surface area (Å²) in [6, 6.07) is 9.66. The van der Waals surface area contributed by atoms with Gasteiger partial charge >= 0.3 is 0 Å². The Bertz CT molecular complexity index is 934. The maximum atomic E-state index is 12.0. The Kier molecular flexibility index (Phi) is 5.96. The Hall–Kier alpha value is -3.02. The summed E-state index contributed by atoms with van der Waals surface area (Å²) in [6.07, 6.45) is 4.53. The second kappa shape index (κ2) is 8.58. The van der Waals surface area contributed by atoms with Gasteiger partial charge in [-0.15, -0.1) is 0 Å². The van der Waals surface area contributed by atoms with Crippen molar-refractivity contribution in [3.05, 3.63) is 59.5 Å². The third kappa shape index (κ3) is 4.58. The minimum absolute atomic E-state index is 0.00392. The second-order valence-electron chi connectivity index (χ2n) is 6.36. The first kappa shape index (κ1) is 18.8. The van der Waals surface area contributed by atoms with Crippen LogP contribution in [0.15, 0.2) is 42.7 Å². The molecular formula is C21H25N3O3. The van der Waals surface area contributed by atoms with Crippen molar-refractivity contribution in [1.29, 1.82) is 0 Å². The topological polar surface area (TPSA) is 64.9 Å². The van der Waals surface area contributed by atoms with Gasteiger partial charge in [0.1, 0.15) is 5.75 Å². The number of aryl methyl sites for hydroxylation is 1. The largest absolute Gasteiger partial charge is 0.490 e. The lowest BCUT2D eigenvalue weighted by Gasteiger charge is -2.10. The number of pyridine rings is 1. The summed E-state index contributed by atoms with van der Waals surface area (Å²) in [7, 11) is 0. The number of amides is 1. The fourth-order valence-electron chi connectivity index (χ4n) is 2.83. The molecule has 142 valence electrons. The normalized spacial score (nSPS) is 10.8. The fraction of sp³-hybridized carbons (Fsp3) is 0.333. The maximum Gasteiger partial charge on any atom is 0.257 e. The molecular weight excluding hydrogens is 342 g/mol. The van der Waals surface area contributed by atoms with Crippen molar-refractivity contribution in [2.75, 3.05) is 19.8 Å². The van der Waals surface area contributed by atoms with Crippen LogP contribution in [0.3, 0.4) is 0 Å². The Morgan fingerprint density at radius 2 is 1.96 bits per heavy atom. The van der Waals surface area contributed by atoms with E-state index in [1.807, 2.05) is 67.9 Å². The third-order valence-electron chi connectivity index (χ3n) is 4.41. The zero-order valence-electron chi connectivity index (χ0n) is 16.0. The lowest BCUT2D eigenvalue weighted by molar-refractivity contribution is -0.123. The number of hydrogen-bond acceptors (Lipinski definition) is 4. The number of fused-ring (bicyclic) bond motifs is 1. The van der Waals surface area contributed by atoms with E-state index in [0.717, 1.165) is 34.0 Å². The smallest absolute Gasteiger partial charge is 0.257 e. The molecule has 2 aromatic heterocycles. The molecule has 6 nitrogen and oxygen atoms in total. The molecule has 0 fully saturated rings. The van der Waals surface area contributed by atoms with Crippen molar-refractivity contribution in [2.24, 2.45) is 0 Å². The number of nitrogens with one attached hydrogen (secondary N) is 1. The summed E-state index contributed by atoms with van der Waals surface area (Å²) in [6.45, 7) is 7.06. The number of imidazole rings is 1. The zero-order valence-corrected chi connectivity index (χ0v) is 16.0. The van der Waals surface area contributed by atoms with E-state index in [1.54, 1.807) is 0 Å². The molecule has 0 unspecified atom stereocenters. The first-order chi connectivity index (χ1) is 13.1. The molecule has 0 aliphatic heterocycles. The Morgan fingerprint density at radius 3 is 2.78 bits per heavy atom. The van der Waals surface area contributed by atoms with E-state index in [2.05, 4.69) is 10.3 Å². The molecule has 0 aliphatic carbocycles. The van der Waals surface area contributed by atoms with Crippen molar-refractivity contribution < 1.29 is 14.3 Å². The van der Waals surface area contributed by atoms with Gasteiger partial charge in [-0.25, -0.2) is 4.98 Å². The van der Waals surface area contributed by atoms with E-state index in [1.165, 1.54) is 0 Å². The highest BCUT2D eigenvalue weighted by Crippen LogP contribution is 2.20. The number of carbonyl (C=O) groups excluding carboxylic acids is 1. The molecule has 1 amide bonds. The lowest BCUT2D eigenvalue weighted by atomic mass is 10.1. The molecule has 6 heteroatoms. The average Bonchev–Trinajstić information content (AvgIpc) is 3.07. The molecule has 0 atom stereocenters. The number of ether oxygens (including phenoxy) is 2. The lowest BCUT2D eigenvalue weighted by Crippen LogP contribution is -2.30. The monoisotopic (exact) mass is 367 g/mol. The summed E-state index contributed by atoms with van der Waals surface area (Å²) in [5.41, 5.74) is 3.89. The van der Waals surface area contributed by atoms with Crippen LogP contribution in [0.4, 0.5) is 0 Å². The van der Waals surface area contributed by atoms with Crippen LogP contribution in [0.2, 0.25) is 0 Å². The summed E-state index contributed by atoms with van der Waals surface area (Å²) in [5.74, 6) is 1.36. The van der Waals surface area contributed by atoms with Gasteiger partial charge in [-0.05, 0) is 50.1 Å². The summed E-state index contributed by atoms with van der Waals surface area (Å²) in [4.78, 5) is 16.6. The Balaban J connectivity index is 1.50.